The molecule has 3 rings (SSSR count). The van der Waals surface area contributed by atoms with Gasteiger partial charge in [-0.1, -0.05) is 24.4 Å². The van der Waals surface area contributed by atoms with E-state index in [1.807, 2.05) is 16.0 Å². The van der Waals surface area contributed by atoms with Crippen LogP contribution >= 0.6 is 23.1 Å². The molecular formula is C15H17N3O3S2. The van der Waals surface area contributed by atoms with Crippen molar-refractivity contribution in [3.8, 4) is 0 Å². The summed E-state index contributed by atoms with van der Waals surface area (Å²) in [5.74, 6) is 0.809. The summed E-state index contributed by atoms with van der Waals surface area (Å²) in [7, 11) is 0. The third kappa shape index (κ3) is 3.28. The van der Waals surface area contributed by atoms with E-state index in [0.717, 1.165) is 10.7 Å². The molecule has 2 atom stereocenters. The van der Waals surface area contributed by atoms with Crippen molar-refractivity contribution >= 4 is 39.1 Å². The van der Waals surface area contributed by atoms with E-state index in [-0.39, 0.29) is 23.0 Å². The molecular weight excluding hydrogens is 334 g/mol. The fourth-order valence-corrected chi connectivity index (χ4v) is 4.47. The van der Waals surface area contributed by atoms with Crippen LogP contribution in [0.2, 0.25) is 0 Å². The average Bonchev–Trinajstić information content (AvgIpc) is 3.18. The Balaban J connectivity index is 1.87. The summed E-state index contributed by atoms with van der Waals surface area (Å²) in [6.45, 7) is 5.75. The first-order valence-electron chi connectivity index (χ1n) is 7.22. The smallest absolute Gasteiger partial charge is 0.410 e. The van der Waals surface area contributed by atoms with Crippen LogP contribution in [0.4, 0.5) is 4.79 Å². The van der Waals surface area contributed by atoms with Gasteiger partial charge in [-0.3, -0.25) is 14.1 Å². The molecule has 8 heteroatoms. The van der Waals surface area contributed by atoms with Gasteiger partial charge in [0.05, 0.1) is 12.2 Å². The summed E-state index contributed by atoms with van der Waals surface area (Å²) in [5.41, 5.74) is 0. The van der Waals surface area contributed by atoms with Gasteiger partial charge in [0.15, 0.2) is 5.12 Å². The van der Waals surface area contributed by atoms with E-state index in [0.29, 0.717) is 13.0 Å². The zero-order chi connectivity index (χ0) is 16.4. The van der Waals surface area contributed by atoms with Crippen molar-refractivity contribution in [2.45, 2.75) is 24.6 Å². The van der Waals surface area contributed by atoms with Crippen LogP contribution in [0.1, 0.15) is 25.2 Å². The Labute approximate surface area is 142 Å². The lowest BCUT2D eigenvalue weighted by Crippen LogP contribution is -2.33. The minimum absolute atomic E-state index is 0.0545. The van der Waals surface area contributed by atoms with Gasteiger partial charge in [-0.2, -0.15) is 0 Å². The van der Waals surface area contributed by atoms with Crippen molar-refractivity contribution in [1.29, 1.82) is 0 Å². The third-order valence-electron chi connectivity index (χ3n) is 3.64. The van der Waals surface area contributed by atoms with E-state index < -0.39 is 6.09 Å². The largest absolute Gasteiger partial charge is 0.445 e. The van der Waals surface area contributed by atoms with Crippen LogP contribution in [0.5, 0.6) is 0 Å². The molecule has 6 nitrogen and oxygen atoms in total. The van der Waals surface area contributed by atoms with Crippen molar-refractivity contribution in [3.63, 3.8) is 0 Å². The molecule has 1 fully saturated rings. The zero-order valence-corrected chi connectivity index (χ0v) is 14.3. The molecule has 0 aliphatic carbocycles. The number of nitrogens with zero attached hydrogens (tertiary/aromatic N) is 3. The molecule has 0 radical (unpaired) electrons. The third-order valence-corrected chi connectivity index (χ3v) is 5.45. The number of hydrogen-bond donors (Lipinski definition) is 0. The molecule has 1 saturated heterocycles. The first-order valence-corrected chi connectivity index (χ1v) is 8.98. The number of thiazole rings is 1. The molecule has 0 spiro atoms. The Hall–Kier alpha value is -1.80. The first-order chi connectivity index (χ1) is 11.1. The van der Waals surface area contributed by atoms with Gasteiger partial charge >= 0.3 is 6.09 Å². The number of imidazole rings is 1. The second kappa shape index (κ2) is 6.76. The molecule has 1 unspecified atom stereocenters. The Morgan fingerprint density at radius 2 is 2.43 bits per heavy atom. The van der Waals surface area contributed by atoms with Crippen molar-refractivity contribution < 1.29 is 14.3 Å². The molecule has 0 bridgehead atoms. The van der Waals surface area contributed by atoms with Crippen LogP contribution in [0, 0.1) is 0 Å². The number of aromatic nitrogens is 2. The summed E-state index contributed by atoms with van der Waals surface area (Å²) in [5, 5.41) is 2.09. The number of thioether (sulfide) groups is 1. The van der Waals surface area contributed by atoms with E-state index in [1.165, 1.54) is 17.8 Å². The van der Waals surface area contributed by atoms with Crippen LogP contribution in [0.3, 0.4) is 0 Å². The van der Waals surface area contributed by atoms with E-state index >= 15 is 0 Å². The molecule has 0 saturated carbocycles. The minimum Gasteiger partial charge on any atom is -0.445 e. The Bertz CT molecular complexity index is 739. The molecule has 1 aliphatic heterocycles. The maximum absolute atomic E-state index is 12.3. The van der Waals surface area contributed by atoms with Gasteiger partial charge in [0.2, 0.25) is 0 Å². The van der Waals surface area contributed by atoms with Crippen molar-refractivity contribution in [2.75, 3.05) is 13.2 Å². The number of hydrogen-bond acceptors (Lipinski definition) is 6. The number of fused-ring (bicyclic) bond motifs is 1. The molecule has 0 N–H and O–H groups in total. The van der Waals surface area contributed by atoms with Crippen LogP contribution in [0.25, 0.3) is 4.83 Å². The topological polar surface area (TPSA) is 63.9 Å². The first kappa shape index (κ1) is 16.1. The van der Waals surface area contributed by atoms with E-state index in [4.69, 9.17) is 4.74 Å². The van der Waals surface area contributed by atoms with E-state index in [9.17, 15) is 9.59 Å². The molecule has 122 valence electrons. The van der Waals surface area contributed by atoms with Gasteiger partial charge in [-0.25, -0.2) is 9.78 Å². The van der Waals surface area contributed by atoms with Crippen LogP contribution in [-0.2, 0) is 9.53 Å². The van der Waals surface area contributed by atoms with Crippen LogP contribution in [-0.4, -0.2) is 43.9 Å². The van der Waals surface area contributed by atoms with E-state index in [1.54, 1.807) is 29.4 Å². The second-order valence-corrected chi connectivity index (χ2v) is 7.63. The van der Waals surface area contributed by atoms with E-state index in [2.05, 4.69) is 11.6 Å². The predicted octanol–water partition coefficient (Wildman–Crippen LogP) is 3.11. The summed E-state index contributed by atoms with van der Waals surface area (Å²) in [6, 6.07) is -0.193. The van der Waals surface area contributed by atoms with Gasteiger partial charge in [0.1, 0.15) is 17.3 Å². The van der Waals surface area contributed by atoms with Gasteiger partial charge in [-0.05, 0) is 6.42 Å². The molecule has 2 aromatic rings. The molecule has 1 aliphatic rings. The molecule has 0 aromatic carbocycles. The number of carbonyl (C=O) groups excluding carboxylic acids is 2. The lowest BCUT2D eigenvalue weighted by molar-refractivity contribution is -0.109. The fraction of sp³-hybridized carbons (Fsp3) is 0.400. The van der Waals surface area contributed by atoms with Gasteiger partial charge in [0.25, 0.3) is 0 Å². The summed E-state index contributed by atoms with van der Waals surface area (Å²) in [4.78, 5) is 30.9. The summed E-state index contributed by atoms with van der Waals surface area (Å²) in [6.07, 6.45) is 5.58. The number of ether oxygens (including phenoxy) is 1. The van der Waals surface area contributed by atoms with Gasteiger partial charge in [0, 0.05) is 30.3 Å². The average molecular weight is 351 g/mol. The lowest BCUT2D eigenvalue weighted by atomic mass is 10.2. The summed E-state index contributed by atoms with van der Waals surface area (Å²) >= 11 is 2.87. The Morgan fingerprint density at radius 3 is 3.17 bits per heavy atom. The quantitative estimate of drug-likeness (QED) is 0.792. The van der Waals surface area contributed by atoms with Gasteiger partial charge < -0.3 is 4.74 Å². The highest BCUT2D eigenvalue weighted by atomic mass is 32.2. The monoisotopic (exact) mass is 351 g/mol. The standard InChI is InChI=1S/C15H17N3O3S2/c1-3-5-21-15(20)18-9-11(23-10(2)19)7-12(18)14-16-8-13-17(14)4-6-22-13/h3-4,6,8,11-12H,1,5,7,9H2,2H3/t11-,12?/m0/s1. The van der Waals surface area contributed by atoms with Crippen molar-refractivity contribution in [2.24, 2.45) is 0 Å². The second-order valence-electron chi connectivity index (χ2n) is 5.23. The highest BCUT2D eigenvalue weighted by Crippen LogP contribution is 2.38. The van der Waals surface area contributed by atoms with Gasteiger partial charge in [-0.15, -0.1) is 11.3 Å². The summed E-state index contributed by atoms with van der Waals surface area (Å²) < 4.78 is 7.18. The number of rotatable bonds is 4. The minimum atomic E-state index is -0.395. The molecule has 2 aromatic heterocycles. The number of amides is 1. The molecule has 3 heterocycles. The predicted molar refractivity (Wildman–Crippen MR) is 90.7 cm³/mol. The maximum Gasteiger partial charge on any atom is 0.410 e. The molecule has 1 amide bonds. The molecule has 23 heavy (non-hydrogen) atoms. The number of likely N-dealkylation sites (tertiary alicyclic amines) is 1. The van der Waals surface area contributed by atoms with Crippen LogP contribution < -0.4 is 0 Å². The number of carbonyl (C=O) groups is 2. The lowest BCUT2D eigenvalue weighted by Gasteiger charge is -2.22. The van der Waals surface area contributed by atoms with Crippen molar-refractivity contribution in [3.05, 3.63) is 36.3 Å². The SMILES string of the molecule is C=CCOC(=O)N1C[C@@H](SC(C)=O)CC1c1ncc2sccn12. The fourth-order valence-electron chi connectivity index (χ4n) is 2.78. The van der Waals surface area contributed by atoms with Crippen molar-refractivity contribution in [1.82, 2.24) is 14.3 Å². The normalized spacial score (nSPS) is 20.8. The zero-order valence-electron chi connectivity index (χ0n) is 12.7. The highest BCUT2D eigenvalue weighted by Gasteiger charge is 2.40. The van der Waals surface area contributed by atoms with Crippen LogP contribution in [0.15, 0.2) is 30.4 Å². The Morgan fingerprint density at radius 1 is 1.61 bits per heavy atom. The Kier molecular flexibility index (Phi) is 4.72. The highest BCUT2D eigenvalue weighted by molar-refractivity contribution is 8.14. The maximum atomic E-state index is 12.3.